The maximum atomic E-state index is 13.6. The number of nitrogens with one attached hydrogen (secondary N) is 13. The van der Waals surface area contributed by atoms with Gasteiger partial charge in [0.25, 0.3) is 0 Å². The first-order chi connectivity index (χ1) is 40.0. The van der Waals surface area contributed by atoms with Crippen molar-refractivity contribution < 1.29 is 103 Å². The van der Waals surface area contributed by atoms with Crippen molar-refractivity contribution in [2.24, 2.45) is 29.4 Å². The summed E-state index contributed by atoms with van der Waals surface area (Å²) in [5.41, 5.74) is 5.72. The van der Waals surface area contributed by atoms with Crippen LogP contribution in [0.3, 0.4) is 0 Å². The first kappa shape index (κ1) is 78.3. The molecule has 13 amide bonds. The van der Waals surface area contributed by atoms with Crippen LogP contribution < -0.4 is 74.9 Å². The summed E-state index contributed by atoms with van der Waals surface area (Å²) in [5, 5.41) is 97.8. The van der Waals surface area contributed by atoms with E-state index in [1.807, 2.05) is 5.32 Å². The Balaban J connectivity index is 5.67. The maximum absolute atomic E-state index is 13.6. The van der Waals surface area contributed by atoms with Crippen molar-refractivity contribution in [3.05, 3.63) is 0 Å². The number of carboxylic acids is 1. The van der Waals surface area contributed by atoms with Crippen molar-refractivity contribution in [3.8, 4) is 0 Å². The molecule has 0 saturated heterocycles. The predicted octanol–water partition coefficient (Wildman–Crippen LogP) is -10.3. The molecule has 0 aromatic heterocycles. The molecule has 0 unspecified atom stereocenters. The molecule has 35 nitrogen and oxygen atoms in total. The molecule has 0 aliphatic heterocycles. The van der Waals surface area contributed by atoms with E-state index in [1.54, 1.807) is 41.5 Å². The first-order valence-corrected chi connectivity index (χ1v) is 27.6. The molecule has 0 saturated carbocycles. The third kappa shape index (κ3) is 27.1. The molecule has 0 aromatic rings. The molecule has 0 aliphatic rings. The van der Waals surface area contributed by atoms with E-state index < -0.39 is 219 Å². The Hall–Kier alpha value is -7.70. The smallest absolute Gasteiger partial charge is 0.328 e. The van der Waals surface area contributed by atoms with Crippen LogP contribution in [-0.2, 0) is 67.1 Å². The average molecular weight is 1240 g/mol. The van der Waals surface area contributed by atoms with Crippen molar-refractivity contribution in [1.29, 1.82) is 0 Å². The second-order valence-electron chi connectivity index (χ2n) is 21.4. The maximum Gasteiger partial charge on any atom is 0.328 e. The third-order valence-electron chi connectivity index (χ3n) is 12.9. The normalized spacial score (nSPS) is 16.1. The fourth-order valence-corrected chi connectivity index (χ4v) is 7.30. The number of carbonyl (C=O) groups excluding carboxylic acids is 13. The number of carboxylic acid groups (broad SMARTS) is 1. The van der Waals surface area contributed by atoms with Gasteiger partial charge in [-0.2, -0.15) is 0 Å². The lowest BCUT2D eigenvalue weighted by molar-refractivity contribution is -0.143. The topological polar surface area (TPSA) is 563 Å². The van der Waals surface area contributed by atoms with Gasteiger partial charge in [-0.3, -0.25) is 62.3 Å². The Morgan fingerprint density at radius 2 is 0.709 bits per heavy atom. The van der Waals surface area contributed by atoms with E-state index in [4.69, 9.17) is 5.73 Å². The molecule has 0 spiro atoms. The second-order valence-corrected chi connectivity index (χ2v) is 21.4. The summed E-state index contributed by atoms with van der Waals surface area (Å²) >= 11 is 0. The lowest BCUT2D eigenvalue weighted by Gasteiger charge is -2.29. The van der Waals surface area contributed by atoms with Crippen LogP contribution in [0, 0.1) is 23.7 Å². The molecular weight excluding hydrogens is 1140 g/mol. The molecule has 22 N–H and O–H groups in total. The van der Waals surface area contributed by atoms with Crippen LogP contribution in [0.4, 0.5) is 0 Å². The van der Waals surface area contributed by atoms with Gasteiger partial charge in [-0.05, 0) is 50.9 Å². The minimum absolute atomic E-state index is 0.0337. The van der Waals surface area contributed by atoms with Crippen LogP contribution in [0.1, 0.15) is 89.0 Å². The Kier molecular flexibility index (Phi) is 35.6. The molecule has 0 rings (SSSR count). The summed E-state index contributed by atoms with van der Waals surface area (Å²) in [6.45, 7) is 9.91. The minimum Gasteiger partial charge on any atom is -0.480 e. The molecule has 0 radical (unpaired) electrons. The highest BCUT2D eigenvalue weighted by Gasteiger charge is 2.37. The Morgan fingerprint density at radius 1 is 0.372 bits per heavy atom. The highest BCUT2D eigenvalue weighted by atomic mass is 16.4. The molecule has 14 atom stereocenters. The van der Waals surface area contributed by atoms with Gasteiger partial charge in [0, 0.05) is 0 Å². The molecule has 0 bridgehead atoms. The van der Waals surface area contributed by atoms with Crippen molar-refractivity contribution in [1.82, 2.24) is 69.1 Å². The molecule has 35 heteroatoms. The molecule has 0 aliphatic carbocycles. The summed E-state index contributed by atoms with van der Waals surface area (Å²) in [7, 11) is 0. The van der Waals surface area contributed by atoms with Gasteiger partial charge in [-0.1, -0.05) is 61.8 Å². The SMILES string of the molecule is CC[C@H](C)[C@H](NC(=O)[C@H](CO)NC(=O)CNC(=O)[C@@H](NC(=O)[C@H](C)NC(=O)[C@H](C)NC(=O)[C@H](CO)NC(=O)[C@@H](NC(=O)[C@H](CO)NC(=O)[C@H](CO)NC(=O)CNC(=O)[C@@H](N)C(C)C)[C@@H](C)O)C(C)C)C(=O)N[C@@H](CC(C)C)C(=O)N[C@@H](CO)C(=O)O. The zero-order chi connectivity index (χ0) is 66.5. The Bertz CT molecular complexity index is 2340. The number of carbonyl (C=O) groups is 14. The predicted molar refractivity (Wildman–Crippen MR) is 300 cm³/mol. The first-order valence-electron chi connectivity index (χ1n) is 27.6. The van der Waals surface area contributed by atoms with Crippen LogP contribution in [0.2, 0.25) is 0 Å². The second kappa shape index (κ2) is 39.1. The molecule has 0 aromatic carbocycles. The van der Waals surface area contributed by atoms with Gasteiger partial charge in [0.15, 0.2) is 0 Å². The zero-order valence-corrected chi connectivity index (χ0v) is 50.1. The van der Waals surface area contributed by atoms with E-state index in [0.717, 1.165) is 13.8 Å². The molecular formula is C51H90N14O21. The van der Waals surface area contributed by atoms with Crippen molar-refractivity contribution in [2.45, 2.75) is 168 Å². The minimum atomic E-state index is -1.93. The fourth-order valence-electron chi connectivity index (χ4n) is 7.30. The van der Waals surface area contributed by atoms with Gasteiger partial charge in [-0.15, -0.1) is 0 Å². The highest BCUT2D eigenvalue weighted by Crippen LogP contribution is 2.12. The zero-order valence-electron chi connectivity index (χ0n) is 50.1. The summed E-state index contributed by atoms with van der Waals surface area (Å²) in [5.74, 6) is -16.5. The van der Waals surface area contributed by atoms with Gasteiger partial charge < -0.3 is 111 Å². The number of rotatable bonds is 39. The number of aliphatic hydroxyl groups excluding tert-OH is 6. The Labute approximate surface area is 496 Å². The van der Waals surface area contributed by atoms with Crippen LogP contribution in [0.5, 0.6) is 0 Å². The van der Waals surface area contributed by atoms with E-state index in [2.05, 4.69) is 63.8 Å². The standard InChI is InChI=1S/C51H90N14O21/c1-12-24(8)38(49(83)59-28(13-21(2)3)42(76)62-33(20-70)51(85)86)64-45(79)30(17-67)58-35(73)15-54-48(82)37(23(6)7)63-41(75)26(10)55-40(74)25(9)56-43(77)31(18-68)61-50(84)39(27(11)71)65-46(80)32(19-69)60-44(78)29(16-66)57-34(72)14-53-47(81)36(52)22(4)5/h21-33,36-39,66-71H,12-20,52H2,1-11H3,(H,53,81)(H,54,82)(H,55,74)(H,56,77)(H,57,72)(H,58,73)(H,59,83)(H,60,78)(H,61,84)(H,62,76)(H,63,75)(H,64,79)(H,65,80)(H,85,86)/t24-,25-,26-,27+,28-,29-,30-,31-,32-,33-,36-,37-,38-,39-/m0/s1. The van der Waals surface area contributed by atoms with Crippen LogP contribution in [-0.4, -0.2) is 243 Å². The molecule has 0 fully saturated rings. The quantitative estimate of drug-likeness (QED) is 0.0272. The number of hydrogen-bond acceptors (Lipinski definition) is 21. The number of hydrogen-bond donors (Lipinski definition) is 21. The summed E-state index contributed by atoms with van der Waals surface area (Å²) in [6, 6.07) is -18.5. The lowest BCUT2D eigenvalue weighted by Crippen LogP contribution is -2.62. The summed E-state index contributed by atoms with van der Waals surface area (Å²) in [4.78, 5) is 181. The summed E-state index contributed by atoms with van der Waals surface area (Å²) < 4.78 is 0. The number of aliphatic hydroxyl groups is 6. The summed E-state index contributed by atoms with van der Waals surface area (Å²) in [6.07, 6.45) is -1.39. The number of amides is 13. The largest absolute Gasteiger partial charge is 0.480 e. The van der Waals surface area contributed by atoms with Crippen LogP contribution in [0.15, 0.2) is 0 Å². The van der Waals surface area contributed by atoms with Crippen LogP contribution >= 0.6 is 0 Å². The third-order valence-corrected chi connectivity index (χ3v) is 12.9. The van der Waals surface area contributed by atoms with E-state index in [0.29, 0.717) is 6.42 Å². The van der Waals surface area contributed by atoms with Gasteiger partial charge in [0.05, 0.1) is 58.3 Å². The average Bonchev–Trinajstić information content (AvgIpc) is 3.67. The van der Waals surface area contributed by atoms with Crippen molar-refractivity contribution in [3.63, 3.8) is 0 Å². The van der Waals surface area contributed by atoms with E-state index in [-0.39, 0.29) is 18.3 Å². The van der Waals surface area contributed by atoms with E-state index in [9.17, 15) is 103 Å². The van der Waals surface area contributed by atoms with Gasteiger partial charge >= 0.3 is 5.97 Å². The van der Waals surface area contributed by atoms with Gasteiger partial charge in [-0.25, -0.2) is 4.79 Å². The lowest BCUT2D eigenvalue weighted by atomic mass is 9.96. The van der Waals surface area contributed by atoms with E-state index in [1.165, 1.54) is 20.8 Å². The molecule has 0 heterocycles. The number of aliphatic carboxylic acids is 1. The van der Waals surface area contributed by atoms with Gasteiger partial charge in [0.2, 0.25) is 76.8 Å². The van der Waals surface area contributed by atoms with E-state index >= 15 is 0 Å². The van der Waals surface area contributed by atoms with Crippen molar-refractivity contribution in [2.75, 3.05) is 46.1 Å². The van der Waals surface area contributed by atoms with Crippen molar-refractivity contribution >= 4 is 82.8 Å². The van der Waals surface area contributed by atoms with Gasteiger partial charge in [0.1, 0.15) is 66.5 Å². The molecule has 86 heavy (non-hydrogen) atoms. The number of nitrogens with two attached hydrogens (primary N) is 1. The molecule has 490 valence electrons. The fraction of sp³-hybridized carbons (Fsp3) is 0.725. The van der Waals surface area contributed by atoms with Crippen LogP contribution in [0.25, 0.3) is 0 Å². The highest BCUT2D eigenvalue weighted by molar-refractivity contribution is 5.99. The monoisotopic (exact) mass is 1230 g/mol. The Morgan fingerprint density at radius 3 is 1.12 bits per heavy atom.